The van der Waals surface area contributed by atoms with Crippen molar-refractivity contribution in [2.24, 2.45) is 0 Å². The number of rotatable bonds is 3. The molecule has 5 heteroatoms. The topological polar surface area (TPSA) is 63.6 Å². The van der Waals surface area contributed by atoms with Crippen molar-refractivity contribution in [1.29, 1.82) is 0 Å². The molecule has 3 heterocycles. The zero-order chi connectivity index (χ0) is 16.5. The zero-order valence-corrected chi connectivity index (χ0v) is 13.2. The Labute approximate surface area is 138 Å². The molecule has 0 bridgehead atoms. The van der Waals surface area contributed by atoms with Crippen molar-refractivity contribution in [2.45, 2.75) is 13.5 Å². The van der Waals surface area contributed by atoms with Gasteiger partial charge < -0.3 is 0 Å². The fourth-order valence-electron chi connectivity index (χ4n) is 2.75. The van der Waals surface area contributed by atoms with E-state index in [9.17, 15) is 4.79 Å². The van der Waals surface area contributed by atoms with Gasteiger partial charge in [0.05, 0.1) is 17.8 Å². The number of aromatic nitrogens is 4. The summed E-state index contributed by atoms with van der Waals surface area (Å²) in [6.07, 6.45) is 3.51. The van der Waals surface area contributed by atoms with Crippen LogP contribution in [0.15, 0.2) is 65.7 Å². The van der Waals surface area contributed by atoms with Crippen molar-refractivity contribution in [3.63, 3.8) is 0 Å². The number of nitrogens with zero attached hydrogens (tertiary/aromatic N) is 3. The van der Waals surface area contributed by atoms with Crippen LogP contribution >= 0.6 is 0 Å². The average Bonchev–Trinajstić information content (AvgIpc) is 2.91. The fraction of sp³-hybridized carbons (Fsp3) is 0.105. The molecule has 0 atom stereocenters. The van der Waals surface area contributed by atoms with Crippen molar-refractivity contribution >= 4 is 11.2 Å². The summed E-state index contributed by atoms with van der Waals surface area (Å²) in [5.41, 5.74) is 5.30. The van der Waals surface area contributed by atoms with Crippen molar-refractivity contribution in [1.82, 2.24) is 19.5 Å². The van der Waals surface area contributed by atoms with Crippen LogP contribution < -0.4 is 5.69 Å². The van der Waals surface area contributed by atoms with Gasteiger partial charge in [0.2, 0.25) is 0 Å². The van der Waals surface area contributed by atoms with Crippen LogP contribution in [0.25, 0.3) is 22.3 Å². The lowest BCUT2D eigenvalue weighted by Crippen LogP contribution is -2.17. The third-order valence-electron chi connectivity index (χ3n) is 4.06. The number of imidazole rings is 1. The molecule has 1 aromatic carbocycles. The van der Waals surface area contributed by atoms with E-state index in [0.29, 0.717) is 12.2 Å². The third-order valence-corrected chi connectivity index (χ3v) is 4.06. The Hall–Kier alpha value is -3.21. The number of nitrogens with one attached hydrogen (secondary N) is 1. The predicted molar refractivity (Wildman–Crippen MR) is 93.9 cm³/mol. The van der Waals surface area contributed by atoms with Crippen molar-refractivity contribution in [3.05, 3.63) is 82.7 Å². The summed E-state index contributed by atoms with van der Waals surface area (Å²) < 4.78 is 1.67. The standard InChI is InChI=1S/C19H16N4O/c1-13-5-7-14(8-6-13)15-10-17-18(21-11-15)22-19(24)23(17)12-16-4-2-3-9-20-16/h2-11H,12H2,1H3,(H,21,22,24). The number of pyridine rings is 2. The van der Waals surface area contributed by atoms with E-state index in [4.69, 9.17) is 0 Å². The second-order valence-corrected chi connectivity index (χ2v) is 5.80. The highest BCUT2D eigenvalue weighted by Crippen LogP contribution is 2.22. The highest BCUT2D eigenvalue weighted by atomic mass is 16.1. The van der Waals surface area contributed by atoms with Gasteiger partial charge in [-0.25, -0.2) is 9.78 Å². The second-order valence-electron chi connectivity index (χ2n) is 5.80. The molecular formula is C19H16N4O. The lowest BCUT2D eigenvalue weighted by molar-refractivity contribution is 0.765. The van der Waals surface area contributed by atoms with Crippen molar-refractivity contribution in [3.8, 4) is 11.1 Å². The number of fused-ring (bicyclic) bond motifs is 1. The van der Waals surface area contributed by atoms with Gasteiger partial charge in [0, 0.05) is 18.0 Å². The molecule has 0 amide bonds. The highest BCUT2D eigenvalue weighted by Gasteiger charge is 2.10. The van der Waals surface area contributed by atoms with Gasteiger partial charge in [-0.15, -0.1) is 0 Å². The monoisotopic (exact) mass is 316 g/mol. The fourth-order valence-corrected chi connectivity index (χ4v) is 2.75. The van der Waals surface area contributed by atoms with Crippen LogP contribution in [0.1, 0.15) is 11.3 Å². The van der Waals surface area contributed by atoms with E-state index in [-0.39, 0.29) is 5.69 Å². The third kappa shape index (κ3) is 2.60. The van der Waals surface area contributed by atoms with E-state index in [1.54, 1.807) is 17.0 Å². The lowest BCUT2D eigenvalue weighted by atomic mass is 10.1. The minimum Gasteiger partial charge on any atom is -0.290 e. The Balaban J connectivity index is 1.82. The summed E-state index contributed by atoms with van der Waals surface area (Å²) >= 11 is 0. The first kappa shape index (κ1) is 14.4. The average molecular weight is 316 g/mol. The van der Waals surface area contributed by atoms with E-state index in [1.165, 1.54) is 5.56 Å². The van der Waals surface area contributed by atoms with Gasteiger partial charge in [0.15, 0.2) is 5.65 Å². The number of aromatic amines is 1. The normalized spacial score (nSPS) is 11.0. The Bertz CT molecular complexity index is 1050. The molecule has 4 aromatic rings. The highest BCUT2D eigenvalue weighted by molar-refractivity contribution is 5.78. The van der Waals surface area contributed by atoms with Gasteiger partial charge in [-0.1, -0.05) is 35.9 Å². The number of benzene rings is 1. The molecule has 0 fully saturated rings. The Morgan fingerprint density at radius 1 is 1.04 bits per heavy atom. The number of hydrogen-bond donors (Lipinski definition) is 1. The van der Waals surface area contributed by atoms with E-state index in [0.717, 1.165) is 22.3 Å². The first-order valence-electron chi connectivity index (χ1n) is 7.76. The van der Waals surface area contributed by atoms with Crippen molar-refractivity contribution in [2.75, 3.05) is 0 Å². The molecule has 4 rings (SSSR count). The maximum atomic E-state index is 12.3. The first-order valence-corrected chi connectivity index (χ1v) is 7.76. The van der Waals surface area contributed by atoms with Gasteiger partial charge in [-0.2, -0.15) is 0 Å². The van der Waals surface area contributed by atoms with E-state index in [2.05, 4.69) is 46.1 Å². The molecule has 0 unspecified atom stereocenters. The summed E-state index contributed by atoms with van der Waals surface area (Å²) in [7, 11) is 0. The van der Waals surface area contributed by atoms with Crippen LogP contribution in [0.4, 0.5) is 0 Å². The number of H-pyrrole nitrogens is 1. The molecule has 0 saturated carbocycles. The number of hydrogen-bond acceptors (Lipinski definition) is 3. The van der Waals surface area contributed by atoms with Crippen LogP contribution in [0.5, 0.6) is 0 Å². The minimum atomic E-state index is -0.177. The lowest BCUT2D eigenvalue weighted by Gasteiger charge is -2.05. The van der Waals surface area contributed by atoms with Crippen molar-refractivity contribution < 1.29 is 0 Å². The van der Waals surface area contributed by atoms with Gasteiger partial charge in [-0.3, -0.25) is 14.5 Å². The summed E-state index contributed by atoms with van der Waals surface area (Å²) in [5, 5.41) is 0. The van der Waals surface area contributed by atoms with Crippen LogP contribution in [-0.4, -0.2) is 19.5 Å². The molecule has 0 aliphatic heterocycles. The summed E-state index contributed by atoms with van der Waals surface area (Å²) in [5.74, 6) is 0. The van der Waals surface area contributed by atoms with Crippen LogP contribution in [-0.2, 0) is 6.54 Å². The quantitative estimate of drug-likeness (QED) is 0.631. The van der Waals surface area contributed by atoms with Gasteiger partial charge >= 0.3 is 5.69 Å². The molecule has 1 N–H and O–H groups in total. The Kier molecular flexibility index (Phi) is 3.46. The van der Waals surface area contributed by atoms with E-state index < -0.39 is 0 Å². The molecule has 3 aromatic heterocycles. The van der Waals surface area contributed by atoms with Gasteiger partial charge in [0.1, 0.15) is 0 Å². The van der Waals surface area contributed by atoms with E-state index >= 15 is 0 Å². The molecule has 5 nitrogen and oxygen atoms in total. The molecule has 0 radical (unpaired) electrons. The van der Waals surface area contributed by atoms with Gasteiger partial charge in [-0.05, 0) is 30.7 Å². The van der Waals surface area contributed by atoms with Crippen LogP contribution in [0.2, 0.25) is 0 Å². The number of aryl methyl sites for hydroxylation is 1. The SMILES string of the molecule is Cc1ccc(-c2cnc3[nH]c(=O)n(Cc4ccccn4)c3c2)cc1. The Morgan fingerprint density at radius 2 is 1.88 bits per heavy atom. The van der Waals surface area contributed by atoms with Gasteiger partial charge in [0.25, 0.3) is 0 Å². The Morgan fingerprint density at radius 3 is 2.62 bits per heavy atom. The first-order chi connectivity index (χ1) is 11.7. The maximum absolute atomic E-state index is 12.3. The summed E-state index contributed by atoms with van der Waals surface area (Å²) in [6, 6.07) is 15.9. The minimum absolute atomic E-state index is 0.177. The molecular weight excluding hydrogens is 300 g/mol. The maximum Gasteiger partial charge on any atom is 0.328 e. The van der Waals surface area contributed by atoms with E-state index in [1.807, 2.05) is 24.3 Å². The molecule has 24 heavy (non-hydrogen) atoms. The molecule has 0 aliphatic rings. The molecule has 0 aliphatic carbocycles. The van der Waals surface area contributed by atoms with Crippen LogP contribution in [0, 0.1) is 6.92 Å². The molecule has 118 valence electrons. The largest absolute Gasteiger partial charge is 0.328 e. The molecule has 0 spiro atoms. The smallest absolute Gasteiger partial charge is 0.290 e. The molecule has 0 saturated heterocycles. The zero-order valence-electron chi connectivity index (χ0n) is 13.2. The predicted octanol–water partition coefficient (Wildman–Crippen LogP) is 3.14. The summed E-state index contributed by atoms with van der Waals surface area (Å²) in [6.45, 7) is 2.47. The summed E-state index contributed by atoms with van der Waals surface area (Å²) in [4.78, 5) is 23.8. The van der Waals surface area contributed by atoms with Crippen LogP contribution in [0.3, 0.4) is 0 Å². The second kappa shape index (κ2) is 5.77.